The Balaban J connectivity index is 2.32. The first-order valence-electron chi connectivity index (χ1n) is 5.10. The normalized spacial score (nSPS) is 10.1. The molecule has 0 spiro atoms. The number of nitro groups is 1. The van der Waals surface area contributed by atoms with Crippen molar-refractivity contribution in [3.8, 4) is 0 Å². The second kappa shape index (κ2) is 5.46. The zero-order chi connectivity index (χ0) is 13.0. The van der Waals surface area contributed by atoms with Gasteiger partial charge in [0.2, 0.25) is 0 Å². The maximum atomic E-state index is 10.8. The molecule has 0 fully saturated rings. The van der Waals surface area contributed by atoms with Gasteiger partial charge in [-0.3, -0.25) is 15.1 Å². The molecule has 6 nitrogen and oxygen atoms in total. The molecule has 1 N–H and O–H groups in total. The van der Waals surface area contributed by atoms with Crippen LogP contribution in [-0.4, -0.2) is 21.9 Å². The second-order valence-corrected chi connectivity index (χ2v) is 4.46. The van der Waals surface area contributed by atoms with E-state index in [0.29, 0.717) is 10.7 Å². The van der Waals surface area contributed by atoms with Crippen molar-refractivity contribution in [3.63, 3.8) is 0 Å². The summed E-state index contributed by atoms with van der Waals surface area (Å²) in [6.07, 6.45) is 4.78. The predicted molar refractivity (Wildman–Crippen MR) is 68.8 cm³/mol. The van der Waals surface area contributed by atoms with E-state index in [-0.39, 0.29) is 5.69 Å². The highest BCUT2D eigenvalue weighted by atomic mass is 32.2. The molecule has 0 aliphatic carbocycles. The lowest BCUT2D eigenvalue weighted by atomic mass is 10.3. The molecule has 1 aromatic heterocycles. The van der Waals surface area contributed by atoms with Gasteiger partial charge in [-0.05, 0) is 6.07 Å². The van der Waals surface area contributed by atoms with Crippen molar-refractivity contribution in [2.45, 2.75) is 9.92 Å². The molecule has 0 saturated heterocycles. The number of nitro benzene ring substituents is 1. The van der Waals surface area contributed by atoms with Gasteiger partial charge in [0.25, 0.3) is 5.69 Å². The molecule has 0 amide bonds. The van der Waals surface area contributed by atoms with Crippen molar-refractivity contribution in [3.05, 3.63) is 46.9 Å². The van der Waals surface area contributed by atoms with E-state index in [0.717, 1.165) is 4.90 Å². The van der Waals surface area contributed by atoms with Gasteiger partial charge in [-0.2, -0.15) is 0 Å². The largest absolute Gasteiger partial charge is 0.388 e. The average molecular weight is 262 g/mol. The number of hydrogen-bond acceptors (Lipinski definition) is 6. The summed E-state index contributed by atoms with van der Waals surface area (Å²) in [5.41, 5.74) is 0.740. The van der Waals surface area contributed by atoms with E-state index < -0.39 is 4.92 Å². The summed E-state index contributed by atoms with van der Waals surface area (Å²) in [4.78, 5) is 19.2. The minimum absolute atomic E-state index is 0.0493. The standard InChI is InChI=1S/C11H10N4O2S/c1-12-8-4-9(15(16)17)6-10(5-8)18-11-7-13-2-3-14-11/h2-7,12H,1H3. The van der Waals surface area contributed by atoms with Gasteiger partial charge in [0.15, 0.2) is 0 Å². The highest BCUT2D eigenvalue weighted by Gasteiger charge is 2.10. The van der Waals surface area contributed by atoms with Crippen LogP contribution in [0.3, 0.4) is 0 Å². The van der Waals surface area contributed by atoms with Crippen molar-refractivity contribution >= 4 is 23.1 Å². The first kappa shape index (κ1) is 12.3. The van der Waals surface area contributed by atoms with Gasteiger partial charge in [-0.15, -0.1) is 0 Å². The van der Waals surface area contributed by atoms with Crippen LogP contribution < -0.4 is 5.32 Å². The average Bonchev–Trinajstić information content (AvgIpc) is 2.39. The van der Waals surface area contributed by atoms with Gasteiger partial charge in [-0.25, -0.2) is 4.98 Å². The van der Waals surface area contributed by atoms with Crippen LogP contribution >= 0.6 is 11.8 Å². The summed E-state index contributed by atoms with van der Waals surface area (Å²) in [7, 11) is 1.72. The van der Waals surface area contributed by atoms with Crippen molar-refractivity contribution < 1.29 is 4.92 Å². The topological polar surface area (TPSA) is 81.0 Å². The molecular weight excluding hydrogens is 252 g/mol. The molecule has 7 heteroatoms. The molecule has 18 heavy (non-hydrogen) atoms. The Labute approximate surface area is 108 Å². The molecule has 0 saturated carbocycles. The van der Waals surface area contributed by atoms with Crippen LogP contribution in [0.1, 0.15) is 0 Å². The van der Waals surface area contributed by atoms with Crippen molar-refractivity contribution in [1.82, 2.24) is 9.97 Å². The molecule has 0 aliphatic heterocycles. The van der Waals surface area contributed by atoms with E-state index in [4.69, 9.17) is 0 Å². The fourth-order valence-electron chi connectivity index (χ4n) is 1.35. The highest BCUT2D eigenvalue weighted by molar-refractivity contribution is 7.99. The Morgan fingerprint density at radius 2 is 2.17 bits per heavy atom. The SMILES string of the molecule is CNc1cc(Sc2cnccn2)cc([N+](=O)[O-])c1. The number of non-ortho nitro benzene ring substituents is 1. The minimum Gasteiger partial charge on any atom is -0.388 e. The zero-order valence-corrected chi connectivity index (χ0v) is 10.3. The fourth-order valence-corrected chi connectivity index (χ4v) is 2.19. The van der Waals surface area contributed by atoms with Crippen LogP contribution in [0.15, 0.2) is 46.7 Å². The van der Waals surface area contributed by atoms with Gasteiger partial charge >= 0.3 is 0 Å². The Hall–Kier alpha value is -2.15. The van der Waals surface area contributed by atoms with Gasteiger partial charge in [0, 0.05) is 42.2 Å². The van der Waals surface area contributed by atoms with Crippen LogP contribution in [-0.2, 0) is 0 Å². The molecule has 2 aromatic rings. The predicted octanol–water partition coefficient (Wildman–Crippen LogP) is 2.58. The first-order valence-corrected chi connectivity index (χ1v) is 5.92. The summed E-state index contributed by atoms with van der Waals surface area (Å²) in [6, 6.07) is 4.83. The first-order chi connectivity index (χ1) is 8.69. The smallest absolute Gasteiger partial charge is 0.272 e. The molecule has 0 atom stereocenters. The maximum Gasteiger partial charge on any atom is 0.272 e. The Kier molecular flexibility index (Phi) is 3.73. The maximum absolute atomic E-state index is 10.8. The number of benzene rings is 1. The van der Waals surface area contributed by atoms with Crippen molar-refractivity contribution in [1.29, 1.82) is 0 Å². The zero-order valence-electron chi connectivity index (χ0n) is 9.53. The van der Waals surface area contributed by atoms with Crippen LogP contribution in [0, 0.1) is 10.1 Å². The summed E-state index contributed by atoms with van der Waals surface area (Å²) in [6.45, 7) is 0. The molecule has 1 heterocycles. The second-order valence-electron chi connectivity index (χ2n) is 3.37. The quantitative estimate of drug-likeness (QED) is 0.673. The van der Waals surface area contributed by atoms with Gasteiger partial charge < -0.3 is 5.32 Å². The number of nitrogens with zero attached hydrogens (tertiary/aromatic N) is 3. The molecule has 0 aliphatic rings. The fraction of sp³-hybridized carbons (Fsp3) is 0.0909. The van der Waals surface area contributed by atoms with E-state index in [2.05, 4.69) is 15.3 Å². The van der Waals surface area contributed by atoms with Crippen LogP contribution in [0.4, 0.5) is 11.4 Å². The number of aromatic nitrogens is 2. The van der Waals surface area contributed by atoms with Crippen LogP contribution in [0.2, 0.25) is 0 Å². The third-order valence-electron chi connectivity index (χ3n) is 2.15. The van der Waals surface area contributed by atoms with Gasteiger partial charge in [0.1, 0.15) is 5.03 Å². The van der Waals surface area contributed by atoms with Crippen LogP contribution in [0.25, 0.3) is 0 Å². The summed E-state index contributed by atoms with van der Waals surface area (Å²) in [5, 5.41) is 14.4. The molecular formula is C11H10N4O2S. The molecule has 1 aromatic carbocycles. The Morgan fingerprint density at radius 1 is 1.33 bits per heavy atom. The Bertz CT molecular complexity index is 562. The molecule has 0 bridgehead atoms. The third kappa shape index (κ3) is 2.95. The molecule has 2 rings (SSSR count). The van der Waals surface area contributed by atoms with Crippen molar-refractivity contribution in [2.75, 3.05) is 12.4 Å². The molecule has 92 valence electrons. The minimum atomic E-state index is -0.415. The van der Waals surface area contributed by atoms with Gasteiger partial charge in [0.05, 0.1) is 11.1 Å². The Morgan fingerprint density at radius 3 is 2.78 bits per heavy atom. The van der Waals surface area contributed by atoms with E-state index >= 15 is 0 Å². The van der Waals surface area contributed by atoms with Gasteiger partial charge in [-0.1, -0.05) is 11.8 Å². The van der Waals surface area contributed by atoms with E-state index in [1.807, 2.05) is 6.07 Å². The number of anilines is 1. The third-order valence-corrected chi connectivity index (χ3v) is 3.04. The van der Waals surface area contributed by atoms with Crippen molar-refractivity contribution in [2.24, 2.45) is 0 Å². The summed E-state index contributed by atoms with van der Waals surface area (Å²) in [5.74, 6) is 0. The highest BCUT2D eigenvalue weighted by Crippen LogP contribution is 2.31. The monoisotopic (exact) mass is 262 g/mol. The van der Waals surface area contributed by atoms with E-state index in [9.17, 15) is 10.1 Å². The van der Waals surface area contributed by atoms with Crippen LogP contribution in [0.5, 0.6) is 0 Å². The van der Waals surface area contributed by atoms with E-state index in [1.54, 1.807) is 25.6 Å². The number of nitrogens with one attached hydrogen (secondary N) is 1. The number of hydrogen-bond donors (Lipinski definition) is 1. The lowest BCUT2D eigenvalue weighted by Gasteiger charge is -2.04. The summed E-state index contributed by atoms with van der Waals surface area (Å²) >= 11 is 1.33. The lowest BCUT2D eigenvalue weighted by molar-refractivity contribution is -0.385. The molecule has 0 radical (unpaired) electrons. The summed E-state index contributed by atoms with van der Waals surface area (Å²) < 4.78 is 0. The molecule has 0 unspecified atom stereocenters. The number of rotatable bonds is 4. The lowest BCUT2D eigenvalue weighted by Crippen LogP contribution is -1.93. The van der Waals surface area contributed by atoms with E-state index in [1.165, 1.54) is 23.9 Å².